The topological polar surface area (TPSA) is 79.3 Å². The van der Waals surface area contributed by atoms with Crippen LogP contribution in [0.2, 0.25) is 0 Å². The van der Waals surface area contributed by atoms with Gasteiger partial charge in [0.25, 0.3) is 5.91 Å². The number of hydrogen-bond donors (Lipinski definition) is 2. The van der Waals surface area contributed by atoms with Crippen LogP contribution in [0.4, 0.5) is 10.1 Å². The molecule has 20 heavy (non-hydrogen) atoms. The number of aromatic nitrogens is 1. The molecule has 0 saturated heterocycles. The van der Waals surface area contributed by atoms with Crippen LogP contribution in [0.15, 0.2) is 41.1 Å². The van der Waals surface area contributed by atoms with Crippen molar-refractivity contribution in [3.8, 4) is 0 Å². The van der Waals surface area contributed by atoms with Crippen molar-refractivity contribution in [2.45, 2.75) is 0 Å². The highest BCUT2D eigenvalue weighted by Gasteiger charge is 2.14. The molecule has 0 atom stereocenters. The number of carbonyl (C=O) groups is 2. The molecule has 0 spiro atoms. The van der Waals surface area contributed by atoms with Gasteiger partial charge in [0.05, 0.1) is 11.3 Å². The third kappa shape index (κ3) is 3.18. The smallest absolute Gasteiger partial charge is 0.337 e. The summed E-state index contributed by atoms with van der Waals surface area (Å²) in [6, 6.07) is 5.99. The third-order valence-corrected chi connectivity index (χ3v) is 2.88. The quantitative estimate of drug-likeness (QED) is 0.843. The summed E-state index contributed by atoms with van der Waals surface area (Å²) < 4.78 is 13.6. The molecule has 0 aliphatic rings. The second-order valence-corrected chi connectivity index (χ2v) is 4.63. The number of rotatable bonds is 3. The fourth-order valence-electron chi connectivity index (χ4n) is 1.54. The van der Waals surface area contributed by atoms with Gasteiger partial charge in [0.2, 0.25) is 0 Å². The summed E-state index contributed by atoms with van der Waals surface area (Å²) in [5, 5.41) is 11.4. The van der Waals surface area contributed by atoms with Gasteiger partial charge in [-0.1, -0.05) is 0 Å². The van der Waals surface area contributed by atoms with Crippen LogP contribution >= 0.6 is 15.9 Å². The van der Waals surface area contributed by atoms with Crippen molar-refractivity contribution in [3.05, 3.63) is 58.1 Å². The van der Waals surface area contributed by atoms with Crippen LogP contribution < -0.4 is 5.32 Å². The van der Waals surface area contributed by atoms with Crippen LogP contribution in [0.1, 0.15) is 20.7 Å². The predicted molar refractivity (Wildman–Crippen MR) is 73.2 cm³/mol. The molecule has 0 saturated carbocycles. The number of carboxylic acids is 1. The van der Waals surface area contributed by atoms with Crippen LogP contribution in [0.25, 0.3) is 0 Å². The van der Waals surface area contributed by atoms with Gasteiger partial charge in [-0.25, -0.2) is 14.2 Å². The molecule has 7 heteroatoms. The van der Waals surface area contributed by atoms with Crippen molar-refractivity contribution in [2.24, 2.45) is 0 Å². The Morgan fingerprint density at radius 1 is 1.25 bits per heavy atom. The zero-order chi connectivity index (χ0) is 14.7. The second kappa shape index (κ2) is 5.79. The molecule has 0 aliphatic carbocycles. The number of carboxylic acid groups (broad SMARTS) is 1. The van der Waals surface area contributed by atoms with Crippen molar-refractivity contribution in [1.82, 2.24) is 4.98 Å². The Labute approximate surface area is 121 Å². The summed E-state index contributed by atoms with van der Waals surface area (Å²) in [5.41, 5.74) is -0.0178. The highest BCUT2D eigenvalue weighted by molar-refractivity contribution is 9.10. The Balaban J connectivity index is 2.32. The van der Waals surface area contributed by atoms with E-state index in [0.717, 1.165) is 18.2 Å². The van der Waals surface area contributed by atoms with Crippen LogP contribution in [0, 0.1) is 5.82 Å². The Hall–Kier alpha value is -2.28. The molecule has 1 amide bonds. The number of carbonyl (C=O) groups excluding carboxylic acids is 1. The number of anilines is 1. The average molecular weight is 339 g/mol. The number of pyridine rings is 1. The lowest BCUT2D eigenvalue weighted by Crippen LogP contribution is -2.15. The van der Waals surface area contributed by atoms with Crippen LogP contribution in [-0.2, 0) is 0 Å². The van der Waals surface area contributed by atoms with Gasteiger partial charge < -0.3 is 10.4 Å². The molecule has 0 unspecified atom stereocenters. The van der Waals surface area contributed by atoms with E-state index in [-0.39, 0.29) is 16.8 Å². The van der Waals surface area contributed by atoms with E-state index in [1.807, 2.05) is 0 Å². The SMILES string of the molecule is O=C(Nc1cc(F)ccc1C(=O)O)c1ccnc(Br)c1. The fourth-order valence-corrected chi connectivity index (χ4v) is 1.91. The normalized spacial score (nSPS) is 10.1. The third-order valence-electron chi connectivity index (χ3n) is 2.45. The van der Waals surface area contributed by atoms with Gasteiger partial charge >= 0.3 is 5.97 Å². The van der Waals surface area contributed by atoms with Crippen LogP contribution in [0.3, 0.4) is 0 Å². The first-order valence-corrected chi connectivity index (χ1v) is 6.22. The van der Waals surface area contributed by atoms with Crippen LogP contribution in [-0.4, -0.2) is 22.0 Å². The molecule has 2 aromatic rings. The lowest BCUT2D eigenvalue weighted by atomic mass is 10.1. The number of benzene rings is 1. The highest BCUT2D eigenvalue weighted by Crippen LogP contribution is 2.19. The van der Waals surface area contributed by atoms with E-state index in [2.05, 4.69) is 26.2 Å². The van der Waals surface area contributed by atoms with Gasteiger partial charge in [0.1, 0.15) is 10.4 Å². The molecule has 1 aromatic heterocycles. The van der Waals surface area contributed by atoms with E-state index in [1.165, 1.54) is 18.3 Å². The van der Waals surface area contributed by atoms with Gasteiger partial charge in [-0.15, -0.1) is 0 Å². The van der Waals surface area contributed by atoms with Gasteiger partial charge in [-0.05, 0) is 46.3 Å². The lowest BCUT2D eigenvalue weighted by molar-refractivity contribution is 0.0698. The van der Waals surface area contributed by atoms with Gasteiger partial charge in [0.15, 0.2) is 0 Å². The molecule has 0 bridgehead atoms. The maximum absolute atomic E-state index is 13.2. The summed E-state index contributed by atoms with van der Waals surface area (Å²) >= 11 is 3.12. The number of aromatic carboxylic acids is 1. The molecule has 0 fully saturated rings. The molecule has 0 aliphatic heterocycles. The molecule has 102 valence electrons. The first-order chi connectivity index (χ1) is 9.47. The minimum atomic E-state index is -1.25. The summed E-state index contributed by atoms with van der Waals surface area (Å²) in [6.07, 6.45) is 1.42. The molecule has 5 nitrogen and oxygen atoms in total. The van der Waals surface area contributed by atoms with Crippen molar-refractivity contribution in [3.63, 3.8) is 0 Å². The standard InChI is InChI=1S/C13H8BrFN2O3/c14-11-5-7(3-4-16-11)12(18)17-10-6-8(15)1-2-9(10)13(19)20/h1-6H,(H,17,18)(H,19,20). The largest absolute Gasteiger partial charge is 0.478 e. The number of nitrogens with one attached hydrogen (secondary N) is 1. The van der Waals surface area contributed by atoms with E-state index in [9.17, 15) is 14.0 Å². The van der Waals surface area contributed by atoms with E-state index < -0.39 is 17.7 Å². The van der Waals surface area contributed by atoms with E-state index in [4.69, 9.17) is 5.11 Å². The maximum Gasteiger partial charge on any atom is 0.337 e. The molecule has 0 radical (unpaired) electrons. The Morgan fingerprint density at radius 2 is 2.00 bits per heavy atom. The summed E-state index contributed by atoms with van der Waals surface area (Å²) in [4.78, 5) is 26.9. The van der Waals surface area contributed by atoms with Crippen molar-refractivity contribution in [1.29, 1.82) is 0 Å². The van der Waals surface area contributed by atoms with Gasteiger partial charge in [-0.3, -0.25) is 4.79 Å². The second-order valence-electron chi connectivity index (χ2n) is 3.82. The number of amides is 1. The number of halogens is 2. The average Bonchev–Trinajstić information content (AvgIpc) is 2.38. The Kier molecular flexibility index (Phi) is 4.09. The minimum Gasteiger partial charge on any atom is -0.478 e. The van der Waals surface area contributed by atoms with Crippen molar-refractivity contribution < 1.29 is 19.1 Å². The minimum absolute atomic E-state index is 0.101. The molecule has 1 aromatic carbocycles. The maximum atomic E-state index is 13.2. The molecule has 2 N–H and O–H groups in total. The van der Waals surface area contributed by atoms with Crippen molar-refractivity contribution in [2.75, 3.05) is 5.32 Å². The highest BCUT2D eigenvalue weighted by atomic mass is 79.9. The summed E-state index contributed by atoms with van der Waals surface area (Å²) in [5.74, 6) is -2.45. The first-order valence-electron chi connectivity index (χ1n) is 5.43. The number of hydrogen-bond acceptors (Lipinski definition) is 3. The zero-order valence-electron chi connectivity index (χ0n) is 9.93. The molecular formula is C13H8BrFN2O3. The van der Waals surface area contributed by atoms with Gasteiger partial charge in [0, 0.05) is 11.8 Å². The molecular weight excluding hydrogens is 331 g/mol. The zero-order valence-corrected chi connectivity index (χ0v) is 11.5. The molecule has 2 rings (SSSR count). The van der Waals surface area contributed by atoms with E-state index >= 15 is 0 Å². The summed E-state index contributed by atoms with van der Waals surface area (Å²) in [7, 11) is 0. The van der Waals surface area contributed by atoms with E-state index in [0.29, 0.717) is 4.60 Å². The fraction of sp³-hybridized carbons (Fsp3) is 0. The van der Waals surface area contributed by atoms with E-state index in [1.54, 1.807) is 0 Å². The summed E-state index contributed by atoms with van der Waals surface area (Å²) in [6.45, 7) is 0. The first kappa shape index (κ1) is 14.1. The molecule has 1 heterocycles. The number of nitrogens with zero attached hydrogens (tertiary/aromatic N) is 1. The predicted octanol–water partition coefficient (Wildman–Crippen LogP) is 2.93. The monoisotopic (exact) mass is 338 g/mol. The lowest BCUT2D eigenvalue weighted by Gasteiger charge is -2.08. The van der Waals surface area contributed by atoms with Crippen LogP contribution in [0.5, 0.6) is 0 Å². The van der Waals surface area contributed by atoms with Crippen molar-refractivity contribution >= 4 is 33.5 Å². The Morgan fingerprint density at radius 3 is 2.65 bits per heavy atom. The van der Waals surface area contributed by atoms with Gasteiger partial charge in [-0.2, -0.15) is 0 Å². The Bertz CT molecular complexity index is 691.